The van der Waals surface area contributed by atoms with Crippen molar-refractivity contribution in [1.29, 1.82) is 0 Å². The highest BCUT2D eigenvalue weighted by atomic mass is 19.1. The molecule has 2 bridgehead atoms. The molecule has 6 aliphatic rings. The molecule has 0 amide bonds. The number of aryl methyl sites for hydroxylation is 1. The predicted molar refractivity (Wildman–Crippen MR) is 179 cm³/mol. The maximum absolute atomic E-state index is 15.0. The Kier molecular flexibility index (Phi) is 7.08. The number of anilines is 2. The normalized spacial score (nSPS) is 32.1. The molecular weight excluding hydrogens is 579 g/mol. The molecule has 9 heteroatoms. The lowest BCUT2D eigenvalue weighted by Crippen LogP contribution is -2.52. The molecule has 4 saturated heterocycles. The molecule has 6 heterocycles. The topological polar surface area (TPSA) is 77.0 Å². The van der Waals surface area contributed by atoms with Gasteiger partial charge in [0.15, 0.2) is 0 Å². The third-order valence-electron chi connectivity index (χ3n) is 12.3. The number of halogens is 1. The Bertz CT molecular complexity index is 1640. The van der Waals surface area contributed by atoms with Gasteiger partial charge in [-0.2, -0.15) is 9.97 Å². The van der Waals surface area contributed by atoms with E-state index in [9.17, 15) is 5.11 Å². The first kappa shape index (κ1) is 29.0. The van der Waals surface area contributed by atoms with Gasteiger partial charge in [0.25, 0.3) is 0 Å². The molecule has 1 aliphatic carbocycles. The summed E-state index contributed by atoms with van der Waals surface area (Å²) in [5.74, 6) is 1.96. The van der Waals surface area contributed by atoms with E-state index >= 15 is 4.39 Å². The molecular formula is C37H47FN6O2. The number of hydrogen-bond donors (Lipinski definition) is 2. The van der Waals surface area contributed by atoms with Gasteiger partial charge in [0.1, 0.15) is 24.3 Å². The van der Waals surface area contributed by atoms with Gasteiger partial charge >= 0.3 is 6.01 Å². The Morgan fingerprint density at radius 2 is 1.87 bits per heavy atom. The van der Waals surface area contributed by atoms with Crippen LogP contribution in [0, 0.1) is 5.92 Å². The molecule has 2 aromatic carbocycles. The number of aromatic nitrogens is 2. The molecule has 5 aliphatic heterocycles. The van der Waals surface area contributed by atoms with Gasteiger partial charge in [0, 0.05) is 73.4 Å². The maximum atomic E-state index is 15.0. The first-order chi connectivity index (χ1) is 22.5. The lowest BCUT2D eigenvalue weighted by Gasteiger charge is -2.38. The van der Waals surface area contributed by atoms with Gasteiger partial charge in [-0.1, -0.05) is 38.0 Å². The lowest BCUT2D eigenvalue weighted by atomic mass is 9.81. The van der Waals surface area contributed by atoms with Gasteiger partial charge in [-0.25, -0.2) is 4.39 Å². The van der Waals surface area contributed by atoms with E-state index in [2.05, 4.69) is 45.1 Å². The van der Waals surface area contributed by atoms with Crippen molar-refractivity contribution in [3.8, 4) is 11.8 Å². The zero-order chi connectivity index (χ0) is 31.0. The average Bonchev–Trinajstić information content (AvgIpc) is 3.68. The minimum absolute atomic E-state index is 0.254. The zero-order valence-corrected chi connectivity index (χ0v) is 27.1. The van der Waals surface area contributed by atoms with Crippen LogP contribution in [0.5, 0.6) is 11.8 Å². The number of nitrogens with zero attached hydrogens (tertiary/aromatic N) is 5. The molecule has 1 saturated carbocycles. The van der Waals surface area contributed by atoms with Crippen LogP contribution < -0.4 is 19.9 Å². The van der Waals surface area contributed by atoms with Crippen LogP contribution in [-0.2, 0) is 19.4 Å². The summed E-state index contributed by atoms with van der Waals surface area (Å²) in [7, 11) is 0. The molecule has 2 N–H and O–H groups in total. The van der Waals surface area contributed by atoms with Crippen molar-refractivity contribution >= 4 is 22.3 Å². The van der Waals surface area contributed by atoms with Crippen LogP contribution in [0.25, 0.3) is 10.8 Å². The Morgan fingerprint density at radius 3 is 2.72 bits per heavy atom. The summed E-state index contributed by atoms with van der Waals surface area (Å²) in [5.41, 5.74) is 4.32. The van der Waals surface area contributed by atoms with E-state index in [1.807, 2.05) is 12.1 Å². The Labute approximate surface area is 271 Å². The average molecular weight is 627 g/mol. The molecule has 3 aromatic rings. The Balaban J connectivity index is 1.07. The highest BCUT2D eigenvalue weighted by Crippen LogP contribution is 2.51. The van der Waals surface area contributed by atoms with E-state index in [-0.39, 0.29) is 11.3 Å². The highest BCUT2D eigenvalue weighted by molar-refractivity contribution is 5.98. The van der Waals surface area contributed by atoms with Crippen LogP contribution >= 0.6 is 0 Å². The van der Waals surface area contributed by atoms with Gasteiger partial charge in [-0.15, -0.1) is 0 Å². The smallest absolute Gasteiger partial charge is 0.318 e. The van der Waals surface area contributed by atoms with Crippen molar-refractivity contribution in [2.24, 2.45) is 5.92 Å². The number of alkyl halides is 1. The maximum Gasteiger partial charge on any atom is 0.318 e. The number of fused-ring (bicyclic) bond motifs is 7. The van der Waals surface area contributed by atoms with Gasteiger partial charge < -0.3 is 25.0 Å². The van der Waals surface area contributed by atoms with E-state index < -0.39 is 6.17 Å². The van der Waals surface area contributed by atoms with Crippen LogP contribution in [0.2, 0.25) is 0 Å². The van der Waals surface area contributed by atoms with Gasteiger partial charge in [0.2, 0.25) is 0 Å². The molecule has 5 fully saturated rings. The molecule has 6 unspecified atom stereocenters. The fraction of sp³-hybridized carbons (Fsp3) is 0.622. The number of phenols is 1. The predicted octanol–water partition coefficient (Wildman–Crippen LogP) is 5.53. The standard InChI is InChI=1S/C37H47FN6O2/c1-2-23-7-5-8-24-14-29(45)15-33(34(23)24)42-13-12-30-31(21-42)40-36(41-35(30)43-19-27-10-11-28(20-43)39-27)46-22-37-16-25-6-3-4-9-32(25)44(37)18-26(38)17-37/h5,7-8,14-15,25-28,32,39,45H,2-4,6,9-13,16-22H2,1H3. The first-order valence-corrected chi connectivity index (χ1v) is 17.9. The summed E-state index contributed by atoms with van der Waals surface area (Å²) in [6.45, 7) is 6.54. The lowest BCUT2D eigenvalue weighted by molar-refractivity contribution is 0.0772. The number of rotatable bonds is 6. The van der Waals surface area contributed by atoms with Crippen molar-refractivity contribution in [3.63, 3.8) is 0 Å². The van der Waals surface area contributed by atoms with Crippen molar-refractivity contribution in [2.45, 2.75) is 108 Å². The van der Waals surface area contributed by atoms with Crippen molar-refractivity contribution < 1.29 is 14.2 Å². The van der Waals surface area contributed by atoms with Crippen LogP contribution in [0.1, 0.15) is 75.1 Å². The third kappa shape index (κ3) is 4.83. The van der Waals surface area contributed by atoms with Crippen LogP contribution in [0.4, 0.5) is 15.9 Å². The Morgan fingerprint density at radius 1 is 1.02 bits per heavy atom. The third-order valence-corrected chi connectivity index (χ3v) is 12.3. The minimum Gasteiger partial charge on any atom is -0.508 e. The van der Waals surface area contributed by atoms with E-state index in [0.29, 0.717) is 56.2 Å². The second-order valence-electron chi connectivity index (χ2n) is 15.1. The molecule has 1 aromatic heterocycles. The summed E-state index contributed by atoms with van der Waals surface area (Å²) < 4.78 is 21.7. The number of piperazine rings is 1. The largest absolute Gasteiger partial charge is 0.508 e. The van der Waals surface area contributed by atoms with E-state index in [4.69, 9.17) is 14.7 Å². The number of hydrogen-bond acceptors (Lipinski definition) is 8. The Hall–Kier alpha value is -3.17. The SMILES string of the molecule is CCc1cccc2cc(O)cc(N3CCc4c(nc(OCC56CC(F)CN5C5CCCCC5C6)nc4N4CC5CCC(C4)N5)C3)c12. The van der Waals surface area contributed by atoms with Gasteiger partial charge in [-0.3, -0.25) is 4.90 Å². The molecule has 0 spiro atoms. The summed E-state index contributed by atoms with van der Waals surface area (Å²) >= 11 is 0. The quantitative estimate of drug-likeness (QED) is 0.370. The van der Waals surface area contributed by atoms with Crippen LogP contribution in [0.15, 0.2) is 30.3 Å². The second-order valence-corrected chi connectivity index (χ2v) is 15.1. The van der Waals surface area contributed by atoms with Crippen molar-refractivity contribution in [2.75, 3.05) is 42.6 Å². The summed E-state index contributed by atoms with van der Waals surface area (Å²) in [5, 5.41) is 16.8. The van der Waals surface area contributed by atoms with Crippen LogP contribution in [0.3, 0.4) is 0 Å². The van der Waals surface area contributed by atoms with E-state index in [1.54, 1.807) is 0 Å². The zero-order valence-electron chi connectivity index (χ0n) is 27.1. The number of ether oxygens (including phenoxy) is 1. The summed E-state index contributed by atoms with van der Waals surface area (Å²) in [6.07, 6.45) is 9.94. The highest BCUT2D eigenvalue weighted by Gasteiger charge is 2.57. The molecule has 8 nitrogen and oxygen atoms in total. The summed E-state index contributed by atoms with van der Waals surface area (Å²) in [6, 6.07) is 12.1. The van der Waals surface area contributed by atoms with Crippen LogP contribution in [-0.4, -0.2) is 82.6 Å². The molecule has 0 radical (unpaired) electrons. The number of aromatic hydroxyl groups is 1. The number of benzene rings is 2. The van der Waals surface area contributed by atoms with Gasteiger partial charge in [0.05, 0.1) is 17.8 Å². The van der Waals surface area contributed by atoms with Crippen molar-refractivity contribution in [3.05, 3.63) is 47.2 Å². The fourth-order valence-electron chi connectivity index (χ4n) is 10.3. The monoisotopic (exact) mass is 626 g/mol. The van der Waals surface area contributed by atoms with Gasteiger partial charge in [-0.05, 0) is 67.9 Å². The van der Waals surface area contributed by atoms with Crippen molar-refractivity contribution in [1.82, 2.24) is 20.2 Å². The fourth-order valence-corrected chi connectivity index (χ4v) is 10.3. The second kappa shape index (κ2) is 11.2. The number of phenolic OH excluding ortho intramolecular Hbond substituents is 1. The molecule has 6 atom stereocenters. The first-order valence-electron chi connectivity index (χ1n) is 17.9. The van der Waals surface area contributed by atoms with E-state index in [0.717, 1.165) is 61.5 Å². The molecule has 244 valence electrons. The number of nitrogens with one attached hydrogen (secondary N) is 1. The van der Waals surface area contributed by atoms with E-state index in [1.165, 1.54) is 55.0 Å². The molecule has 9 rings (SSSR count). The minimum atomic E-state index is -0.790. The summed E-state index contributed by atoms with van der Waals surface area (Å²) in [4.78, 5) is 17.6. The molecule has 46 heavy (non-hydrogen) atoms.